The molecule has 0 saturated carbocycles. The molecule has 0 radical (unpaired) electrons. The average Bonchev–Trinajstić information content (AvgIpc) is 2.54. The van der Waals surface area contributed by atoms with E-state index in [-0.39, 0.29) is 5.41 Å². The predicted octanol–water partition coefficient (Wildman–Crippen LogP) is 4.35. The fraction of sp³-hybridized carbons (Fsp3) is 0.556. The maximum absolute atomic E-state index is 5.74. The summed E-state index contributed by atoms with van der Waals surface area (Å²) >= 11 is 0. The lowest BCUT2D eigenvalue weighted by Gasteiger charge is -2.40. The Morgan fingerprint density at radius 2 is 2.10 bits per heavy atom. The van der Waals surface area contributed by atoms with Crippen molar-refractivity contribution >= 4 is 0 Å². The molecule has 0 spiro atoms. The number of rotatable bonds is 5. The molecule has 2 unspecified atom stereocenters. The molecule has 1 aliphatic rings. The van der Waals surface area contributed by atoms with Gasteiger partial charge in [0.25, 0.3) is 0 Å². The molecular weight excluding hydrogens is 248 g/mol. The van der Waals surface area contributed by atoms with Gasteiger partial charge in [-0.05, 0) is 49.8 Å². The Balaban J connectivity index is 2.38. The Kier molecular flexibility index (Phi) is 5.24. The standard InChI is InChI=1S/C18H26O2/c1-4-12-18(5-2,16-7-6-13-20-14-16)15-8-10-17(19-3)11-9-15/h4,8-12,16H,5-7,13-14H2,1-3H3. The Morgan fingerprint density at radius 3 is 2.60 bits per heavy atom. The maximum Gasteiger partial charge on any atom is 0.118 e. The molecule has 0 N–H and O–H groups in total. The lowest BCUT2D eigenvalue weighted by Crippen LogP contribution is -2.38. The van der Waals surface area contributed by atoms with E-state index in [1.54, 1.807) is 7.11 Å². The first-order valence-corrected chi connectivity index (χ1v) is 7.63. The first kappa shape index (κ1) is 15.1. The van der Waals surface area contributed by atoms with Gasteiger partial charge in [0.2, 0.25) is 0 Å². The SMILES string of the molecule is CC=CC(CC)(c1ccc(OC)cc1)C1CCCOC1. The molecule has 20 heavy (non-hydrogen) atoms. The molecule has 2 nitrogen and oxygen atoms in total. The van der Waals surface area contributed by atoms with Crippen molar-refractivity contribution in [2.45, 2.75) is 38.5 Å². The fourth-order valence-corrected chi connectivity index (χ4v) is 3.42. The topological polar surface area (TPSA) is 18.5 Å². The first-order valence-electron chi connectivity index (χ1n) is 7.63. The number of ether oxygens (including phenoxy) is 2. The molecule has 1 fully saturated rings. The zero-order valence-electron chi connectivity index (χ0n) is 12.9. The lowest BCUT2D eigenvalue weighted by molar-refractivity contribution is 0.0286. The second kappa shape index (κ2) is 6.94. The van der Waals surface area contributed by atoms with Gasteiger partial charge >= 0.3 is 0 Å². The average molecular weight is 274 g/mol. The van der Waals surface area contributed by atoms with Crippen LogP contribution in [0.5, 0.6) is 5.75 Å². The van der Waals surface area contributed by atoms with Crippen molar-refractivity contribution < 1.29 is 9.47 Å². The number of benzene rings is 1. The third kappa shape index (κ3) is 2.90. The molecule has 1 aliphatic heterocycles. The molecule has 0 amide bonds. The lowest BCUT2D eigenvalue weighted by atomic mass is 9.66. The highest BCUT2D eigenvalue weighted by Crippen LogP contribution is 2.41. The van der Waals surface area contributed by atoms with Crippen LogP contribution in [0.25, 0.3) is 0 Å². The van der Waals surface area contributed by atoms with Crippen LogP contribution in [0.3, 0.4) is 0 Å². The molecule has 0 bridgehead atoms. The van der Waals surface area contributed by atoms with E-state index in [4.69, 9.17) is 9.47 Å². The van der Waals surface area contributed by atoms with E-state index in [0.29, 0.717) is 5.92 Å². The van der Waals surface area contributed by atoms with Gasteiger partial charge in [-0.25, -0.2) is 0 Å². The number of allylic oxidation sites excluding steroid dienone is 2. The molecule has 1 aromatic carbocycles. The maximum atomic E-state index is 5.74. The van der Waals surface area contributed by atoms with Gasteiger partial charge in [-0.2, -0.15) is 0 Å². The van der Waals surface area contributed by atoms with Crippen LogP contribution in [0.15, 0.2) is 36.4 Å². The van der Waals surface area contributed by atoms with E-state index in [1.165, 1.54) is 18.4 Å². The molecule has 0 aromatic heterocycles. The molecule has 1 heterocycles. The summed E-state index contributed by atoms with van der Waals surface area (Å²) in [5, 5.41) is 0. The van der Waals surface area contributed by atoms with Gasteiger partial charge < -0.3 is 9.47 Å². The summed E-state index contributed by atoms with van der Waals surface area (Å²) in [6.45, 7) is 6.16. The van der Waals surface area contributed by atoms with Gasteiger partial charge in [-0.15, -0.1) is 0 Å². The van der Waals surface area contributed by atoms with Crippen molar-refractivity contribution in [1.29, 1.82) is 0 Å². The molecule has 1 aromatic rings. The van der Waals surface area contributed by atoms with Gasteiger partial charge in [0.15, 0.2) is 0 Å². The van der Waals surface area contributed by atoms with E-state index in [9.17, 15) is 0 Å². The highest BCUT2D eigenvalue weighted by Gasteiger charge is 2.37. The second-order valence-corrected chi connectivity index (χ2v) is 5.54. The van der Waals surface area contributed by atoms with E-state index in [2.05, 4.69) is 50.3 Å². The molecule has 2 heteroatoms. The minimum atomic E-state index is 0.0848. The summed E-state index contributed by atoms with van der Waals surface area (Å²) in [6.07, 6.45) is 8.05. The molecule has 0 aliphatic carbocycles. The van der Waals surface area contributed by atoms with Crippen molar-refractivity contribution in [2.24, 2.45) is 5.92 Å². The van der Waals surface area contributed by atoms with Crippen LogP contribution < -0.4 is 4.74 Å². The summed E-state index contributed by atoms with van der Waals surface area (Å²) in [5.74, 6) is 1.48. The third-order valence-corrected chi connectivity index (χ3v) is 4.57. The Bertz CT molecular complexity index is 429. The van der Waals surface area contributed by atoms with Crippen molar-refractivity contribution in [3.8, 4) is 5.75 Å². The van der Waals surface area contributed by atoms with Crippen molar-refractivity contribution in [3.05, 3.63) is 42.0 Å². The van der Waals surface area contributed by atoms with Crippen LogP contribution in [0.1, 0.15) is 38.7 Å². The summed E-state index contributed by atoms with van der Waals surface area (Å²) in [6, 6.07) is 8.54. The van der Waals surface area contributed by atoms with Crippen molar-refractivity contribution in [2.75, 3.05) is 20.3 Å². The van der Waals surface area contributed by atoms with E-state index >= 15 is 0 Å². The molecule has 110 valence electrons. The summed E-state index contributed by atoms with van der Waals surface area (Å²) in [7, 11) is 1.71. The summed E-state index contributed by atoms with van der Waals surface area (Å²) in [4.78, 5) is 0. The number of hydrogen-bond acceptors (Lipinski definition) is 2. The predicted molar refractivity (Wildman–Crippen MR) is 83.3 cm³/mol. The third-order valence-electron chi connectivity index (χ3n) is 4.57. The van der Waals surface area contributed by atoms with Gasteiger partial charge in [0.05, 0.1) is 13.7 Å². The molecule has 2 atom stereocenters. The zero-order valence-corrected chi connectivity index (χ0v) is 12.9. The quantitative estimate of drug-likeness (QED) is 0.743. The van der Waals surface area contributed by atoms with E-state index in [1.807, 2.05) is 0 Å². The van der Waals surface area contributed by atoms with Gasteiger partial charge in [-0.1, -0.05) is 31.2 Å². The van der Waals surface area contributed by atoms with Crippen LogP contribution in [-0.2, 0) is 10.2 Å². The van der Waals surface area contributed by atoms with Crippen molar-refractivity contribution in [1.82, 2.24) is 0 Å². The van der Waals surface area contributed by atoms with Gasteiger partial charge in [0.1, 0.15) is 5.75 Å². The minimum Gasteiger partial charge on any atom is -0.497 e. The van der Waals surface area contributed by atoms with Crippen LogP contribution in [0.2, 0.25) is 0 Å². The molecular formula is C18H26O2. The Hall–Kier alpha value is -1.28. The zero-order chi connectivity index (χ0) is 14.4. The Morgan fingerprint density at radius 1 is 1.35 bits per heavy atom. The monoisotopic (exact) mass is 274 g/mol. The van der Waals surface area contributed by atoms with Crippen LogP contribution in [-0.4, -0.2) is 20.3 Å². The Labute approximate surface area is 122 Å². The fourth-order valence-electron chi connectivity index (χ4n) is 3.42. The normalized spacial score (nSPS) is 22.6. The second-order valence-electron chi connectivity index (χ2n) is 5.54. The smallest absolute Gasteiger partial charge is 0.118 e. The molecule has 2 rings (SSSR count). The van der Waals surface area contributed by atoms with E-state index < -0.39 is 0 Å². The molecule has 1 saturated heterocycles. The first-order chi connectivity index (χ1) is 9.76. The highest BCUT2D eigenvalue weighted by molar-refractivity contribution is 5.36. The van der Waals surface area contributed by atoms with Crippen LogP contribution in [0, 0.1) is 5.92 Å². The van der Waals surface area contributed by atoms with Gasteiger partial charge in [0, 0.05) is 12.0 Å². The minimum absolute atomic E-state index is 0.0848. The van der Waals surface area contributed by atoms with Gasteiger partial charge in [-0.3, -0.25) is 0 Å². The van der Waals surface area contributed by atoms with Crippen LogP contribution >= 0.6 is 0 Å². The van der Waals surface area contributed by atoms with Crippen LogP contribution in [0.4, 0.5) is 0 Å². The highest BCUT2D eigenvalue weighted by atomic mass is 16.5. The number of hydrogen-bond donors (Lipinski definition) is 0. The summed E-state index contributed by atoms with van der Waals surface area (Å²) in [5.41, 5.74) is 1.45. The van der Waals surface area contributed by atoms with Crippen molar-refractivity contribution in [3.63, 3.8) is 0 Å². The largest absolute Gasteiger partial charge is 0.497 e. The summed E-state index contributed by atoms with van der Waals surface area (Å²) < 4.78 is 11.0. The van der Waals surface area contributed by atoms with E-state index in [0.717, 1.165) is 25.4 Å². The number of methoxy groups -OCH3 is 1.